The van der Waals surface area contributed by atoms with E-state index in [0.717, 1.165) is 77.0 Å². The lowest BCUT2D eigenvalue weighted by Gasteiger charge is -2.30. The van der Waals surface area contributed by atoms with Crippen molar-refractivity contribution in [3.63, 3.8) is 0 Å². The number of nitrogens with one attached hydrogen (secondary N) is 1. The summed E-state index contributed by atoms with van der Waals surface area (Å²) in [6.45, 7) is 7.07. The van der Waals surface area contributed by atoms with E-state index in [2.05, 4.69) is 88.0 Å². The molecular weight excluding hydrogens is 524 g/mol. The van der Waals surface area contributed by atoms with Gasteiger partial charge in [-0.3, -0.25) is 14.9 Å². The van der Waals surface area contributed by atoms with Crippen LogP contribution in [-0.2, 0) is 4.74 Å². The van der Waals surface area contributed by atoms with Crippen molar-refractivity contribution < 1.29 is 9.53 Å². The summed E-state index contributed by atoms with van der Waals surface area (Å²) in [6, 6.07) is 12.0. The number of hydrogen-bond donors (Lipinski definition) is 2. The number of aromatic amines is 1. The largest absolute Gasteiger partial charge is 0.461 e. The van der Waals surface area contributed by atoms with E-state index in [0.29, 0.717) is 18.7 Å². The minimum absolute atomic E-state index is 0.208. The molecule has 1 aromatic carbocycles. The number of aromatic nitrogens is 4. The van der Waals surface area contributed by atoms with E-state index in [1.54, 1.807) is 24.8 Å². The lowest BCUT2D eigenvalue weighted by molar-refractivity contribution is 0.0447. The number of nitrogens with zero attached hydrogens (tertiary/aromatic N) is 4. The number of fused-ring (bicyclic) bond motifs is 1. The van der Waals surface area contributed by atoms with Crippen molar-refractivity contribution in [3.8, 4) is 35.4 Å². The van der Waals surface area contributed by atoms with E-state index in [1.807, 2.05) is 12.1 Å². The Morgan fingerprint density at radius 1 is 1.14 bits per heavy atom. The monoisotopic (exact) mass is 562 g/mol. The zero-order valence-electron chi connectivity index (χ0n) is 24.3. The van der Waals surface area contributed by atoms with Crippen molar-refractivity contribution in [2.75, 3.05) is 26.2 Å². The molecule has 8 heteroatoms. The molecule has 0 radical (unpaired) electrons. The molecule has 1 saturated heterocycles. The summed E-state index contributed by atoms with van der Waals surface area (Å²) in [6.07, 6.45) is 22.5. The van der Waals surface area contributed by atoms with Gasteiger partial charge < -0.3 is 15.5 Å². The molecule has 1 fully saturated rings. The first kappa shape index (κ1) is 30.4. The Hall–Kier alpha value is -4.58. The van der Waals surface area contributed by atoms with Gasteiger partial charge in [0, 0.05) is 48.0 Å². The SMILES string of the molecule is C#C.CC/C=C\C=C(/C)c1nc[nH]c1-c1ccc2ncc(-c3ccc(C(=O)OCCN4CCC[C@@H](N)C4)cn3)cc2c1. The van der Waals surface area contributed by atoms with Gasteiger partial charge in [-0.15, -0.1) is 12.8 Å². The molecule has 4 aromatic rings. The summed E-state index contributed by atoms with van der Waals surface area (Å²) in [5.41, 5.74) is 13.0. The van der Waals surface area contributed by atoms with Crippen LogP contribution in [0, 0.1) is 12.8 Å². The van der Waals surface area contributed by atoms with Gasteiger partial charge in [0.25, 0.3) is 0 Å². The van der Waals surface area contributed by atoms with Gasteiger partial charge in [0.1, 0.15) is 6.61 Å². The Labute approximate surface area is 247 Å². The maximum Gasteiger partial charge on any atom is 0.339 e. The molecule has 3 N–H and O–H groups in total. The Balaban J connectivity index is 0.00000198. The predicted octanol–water partition coefficient (Wildman–Crippen LogP) is 5.89. The quantitative estimate of drug-likeness (QED) is 0.149. The third-order valence-corrected chi connectivity index (χ3v) is 7.18. The lowest BCUT2D eigenvalue weighted by Crippen LogP contribution is -2.44. The molecule has 0 amide bonds. The van der Waals surface area contributed by atoms with E-state index in [9.17, 15) is 4.79 Å². The second-order valence-corrected chi connectivity index (χ2v) is 10.2. The number of carbonyl (C=O) groups is 1. The highest BCUT2D eigenvalue weighted by molar-refractivity contribution is 5.90. The van der Waals surface area contributed by atoms with Gasteiger partial charge >= 0.3 is 5.97 Å². The van der Waals surface area contributed by atoms with Gasteiger partial charge in [-0.25, -0.2) is 9.78 Å². The molecule has 0 bridgehead atoms. The number of terminal acetylenes is 1. The summed E-state index contributed by atoms with van der Waals surface area (Å²) in [7, 11) is 0. The zero-order chi connectivity index (χ0) is 29.9. The van der Waals surface area contributed by atoms with Crippen molar-refractivity contribution in [3.05, 3.63) is 84.6 Å². The molecule has 0 spiro atoms. The van der Waals surface area contributed by atoms with Crippen LogP contribution < -0.4 is 5.73 Å². The molecule has 1 atom stereocenters. The van der Waals surface area contributed by atoms with Crippen LogP contribution in [0.5, 0.6) is 0 Å². The Morgan fingerprint density at radius 2 is 1.98 bits per heavy atom. The summed E-state index contributed by atoms with van der Waals surface area (Å²) < 4.78 is 5.48. The number of likely N-dealkylation sites (tertiary alicyclic amines) is 1. The van der Waals surface area contributed by atoms with Crippen LogP contribution in [0.2, 0.25) is 0 Å². The van der Waals surface area contributed by atoms with Gasteiger partial charge in [-0.1, -0.05) is 31.2 Å². The van der Waals surface area contributed by atoms with Crippen LogP contribution in [0.25, 0.3) is 39.0 Å². The molecule has 0 saturated carbocycles. The van der Waals surface area contributed by atoms with Gasteiger partial charge in [-0.2, -0.15) is 0 Å². The van der Waals surface area contributed by atoms with Gasteiger partial charge in [0.15, 0.2) is 0 Å². The molecule has 42 heavy (non-hydrogen) atoms. The molecule has 5 rings (SSSR count). The van der Waals surface area contributed by atoms with Crippen molar-refractivity contribution in [1.29, 1.82) is 0 Å². The number of ether oxygens (including phenoxy) is 1. The minimum atomic E-state index is -0.369. The smallest absolute Gasteiger partial charge is 0.339 e. The van der Waals surface area contributed by atoms with Crippen molar-refractivity contribution in [2.45, 2.75) is 39.2 Å². The molecular formula is C34H38N6O2. The van der Waals surface area contributed by atoms with E-state index in [4.69, 9.17) is 10.5 Å². The second-order valence-electron chi connectivity index (χ2n) is 10.2. The van der Waals surface area contributed by atoms with E-state index in [1.165, 1.54) is 0 Å². The number of H-pyrrole nitrogens is 1. The van der Waals surface area contributed by atoms with Crippen LogP contribution in [0.3, 0.4) is 0 Å². The number of hydrogen-bond acceptors (Lipinski definition) is 7. The lowest BCUT2D eigenvalue weighted by atomic mass is 10.0. The number of nitrogens with two attached hydrogens (primary N) is 1. The van der Waals surface area contributed by atoms with Crippen LogP contribution in [0.15, 0.2) is 73.3 Å². The number of allylic oxidation sites excluding steroid dienone is 4. The molecule has 216 valence electrons. The Bertz CT molecular complexity index is 1570. The fraction of sp³-hybridized carbons (Fsp3) is 0.294. The number of rotatable bonds is 9. The predicted molar refractivity (Wildman–Crippen MR) is 169 cm³/mol. The molecule has 3 aromatic heterocycles. The first-order chi connectivity index (χ1) is 20.5. The summed E-state index contributed by atoms with van der Waals surface area (Å²) in [4.78, 5) is 31.8. The summed E-state index contributed by atoms with van der Waals surface area (Å²) >= 11 is 0. The Morgan fingerprint density at radius 3 is 2.74 bits per heavy atom. The topological polar surface area (TPSA) is 110 Å². The highest BCUT2D eigenvalue weighted by Crippen LogP contribution is 2.29. The van der Waals surface area contributed by atoms with Crippen LogP contribution in [-0.4, -0.2) is 63.1 Å². The summed E-state index contributed by atoms with van der Waals surface area (Å²) in [5.74, 6) is -0.369. The van der Waals surface area contributed by atoms with E-state index < -0.39 is 0 Å². The number of carbonyl (C=O) groups excluding carboxylic acids is 1. The maximum atomic E-state index is 12.5. The molecule has 1 aliphatic heterocycles. The first-order valence-electron chi connectivity index (χ1n) is 14.2. The summed E-state index contributed by atoms with van der Waals surface area (Å²) in [5, 5.41) is 0.991. The molecule has 4 heterocycles. The molecule has 0 aliphatic carbocycles. The second kappa shape index (κ2) is 14.9. The van der Waals surface area contributed by atoms with Crippen molar-refractivity contribution >= 4 is 22.4 Å². The third-order valence-electron chi connectivity index (χ3n) is 7.18. The zero-order valence-corrected chi connectivity index (χ0v) is 24.3. The first-order valence-corrected chi connectivity index (χ1v) is 14.2. The van der Waals surface area contributed by atoms with Gasteiger partial charge in [-0.05, 0) is 68.6 Å². The number of imidazole rings is 1. The van der Waals surface area contributed by atoms with Crippen LogP contribution >= 0.6 is 0 Å². The molecule has 1 aliphatic rings. The van der Waals surface area contributed by atoms with Crippen molar-refractivity contribution in [2.24, 2.45) is 5.73 Å². The fourth-order valence-electron chi connectivity index (χ4n) is 5.00. The van der Waals surface area contributed by atoms with Crippen LogP contribution in [0.4, 0.5) is 0 Å². The number of esters is 1. The fourth-order valence-corrected chi connectivity index (χ4v) is 5.00. The van der Waals surface area contributed by atoms with E-state index >= 15 is 0 Å². The number of benzene rings is 1. The standard InChI is InChI=1S/C32H36N6O2.C2H2/c1-3-4-5-7-22(2)30-31(37-21-36-30)23-9-11-28-25(16-23)17-26(19-35-28)29-12-10-24(18-34-29)32(39)40-15-14-38-13-6-8-27(33)20-38;1-2/h4-5,7,9-12,16-19,21,27H,3,6,8,13-15,20,33H2,1-2H3,(H,36,37);1-2H/b5-4-,22-7+;/t27-;/m1./s1. The number of pyridine rings is 2. The van der Waals surface area contributed by atoms with Gasteiger partial charge in [0.2, 0.25) is 0 Å². The third kappa shape index (κ3) is 7.58. The highest BCUT2D eigenvalue weighted by atomic mass is 16.5. The molecule has 0 unspecified atom stereocenters. The van der Waals surface area contributed by atoms with Gasteiger partial charge in [0.05, 0.1) is 34.5 Å². The average molecular weight is 563 g/mol. The normalized spacial score (nSPS) is 15.8. The van der Waals surface area contributed by atoms with E-state index in [-0.39, 0.29) is 12.0 Å². The number of piperidine rings is 1. The van der Waals surface area contributed by atoms with Crippen molar-refractivity contribution in [1.82, 2.24) is 24.8 Å². The Kier molecular flexibility index (Phi) is 10.8. The van der Waals surface area contributed by atoms with Crippen LogP contribution in [0.1, 0.15) is 49.2 Å². The average Bonchev–Trinajstić information content (AvgIpc) is 3.52. The highest BCUT2D eigenvalue weighted by Gasteiger charge is 2.17. The maximum absolute atomic E-state index is 12.5. The molecule has 8 nitrogen and oxygen atoms in total. The minimum Gasteiger partial charge on any atom is -0.461 e.